The van der Waals surface area contributed by atoms with Crippen LogP contribution < -0.4 is 10.6 Å². The maximum absolute atomic E-state index is 13.4. The smallest absolute Gasteiger partial charge is 0.250 e. The molecule has 3 aromatic rings. The minimum absolute atomic E-state index is 0.0902. The Hall–Kier alpha value is -2.85. The van der Waals surface area contributed by atoms with Crippen molar-refractivity contribution in [3.8, 4) is 0 Å². The minimum Gasteiger partial charge on any atom is -0.393 e. The Balaban J connectivity index is 1.54. The maximum Gasteiger partial charge on any atom is 0.250 e. The van der Waals surface area contributed by atoms with Crippen LogP contribution in [0.1, 0.15) is 43.3 Å². The summed E-state index contributed by atoms with van der Waals surface area (Å²) in [5.41, 5.74) is 4.42. The normalized spacial score (nSPS) is 17.2. The summed E-state index contributed by atoms with van der Waals surface area (Å²) in [4.78, 5) is 11.3. The number of nitrogens with one attached hydrogen (secondary N) is 2. The lowest BCUT2D eigenvalue weighted by molar-refractivity contribution is -0.0568. The second-order valence-electron chi connectivity index (χ2n) is 8.21. The summed E-state index contributed by atoms with van der Waals surface area (Å²) in [6.45, 7) is 5.39. The molecule has 0 unspecified atom stereocenters. The van der Waals surface area contributed by atoms with Gasteiger partial charge in [-0.2, -0.15) is 4.37 Å². The van der Waals surface area contributed by atoms with Crippen LogP contribution in [-0.4, -0.2) is 49.7 Å². The number of likely N-dealkylation sites (tertiary alicyclic amines) is 1. The molecule has 0 atom stereocenters. The van der Waals surface area contributed by atoms with Crippen LogP contribution in [0.4, 0.5) is 19.6 Å². The number of anilines is 2. The Bertz CT molecular complexity index is 1150. The fourth-order valence-electron chi connectivity index (χ4n) is 3.84. The average molecular weight is 474 g/mol. The Labute approximate surface area is 196 Å². The third kappa shape index (κ3) is 5.56. The lowest BCUT2D eigenvalue weighted by Crippen LogP contribution is -2.38. The molecule has 10 heteroatoms. The Morgan fingerprint density at radius 2 is 2.09 bits per heavy atom. The third-order valence-corrected chi connectivity index (χ3v) is 6.26. The summed E-state index contributed by atoms with van der Waals surface area (Å²) in [6, 6.07) is 1.96. The van der Waals surface area contributed by atoms with E-state index in [0.29, 0.717) is 25.5 Å². The highest BCUT2D eigenvalue weighted by Crippen LogP contribution is 2.30. The highest BCUT2D eigenvalue weighted by molar-refractivity contribution is 7.10. The number of allylic oxidation sites excluding steroid dienone is 3. The molecule has 1 aliphatic heterocycles. The minimum atomic E-state index is -2.54. The first-order chi connectivity index (χ1) is 15.9. The zero-order valence-corrected chi connectivity index (χ0v) is 19.9. The third-order valence-electron chi connectivity index (χ3n) is 5.52. The molecule has 1 aliphatic rings. The monoisotopic (exact) mass is 473 g/mol. The molecule has 0 aliphatic carbocycles. The standard InChI is InChI=1S/C23H29F2N7S/c1-4-5-6-17(12-26-3)19-13-27-22-21(28-16(2)14-32(19)22)29-20-11-18(30-33-20)15-31-9-7-23(24,25)8-10-31/h5-6,11-14,26H,4,7-10,15H2,1-3H3,(H,28,29)/b6-5+,17-12+. The summed E-state index contributed by atoms with van der Waals surface area (Å²) in [6.07, 6.45) is 10.7. The number of piperidine rings is 1. The predicted molar refractivity (Wildman–Crippen MR) is 129 cm³/mol. The van der Waals surface area contributed by atoms with Gasteiger partial charge < -0.3 is 10.6 Å². The summed E-state index contributed by atoms with van der Waals surface area (Å²) in [7, 11) is 1.87. The molecule has 7 nitrogen and oxygen atoms in total. The van der Waals surface area contributed by atoms with Crippen molar-refractivity contribution >= 4 is 33.6 Å². The van der Waals surface area contributed by atoms with Crippen LogP contribution in [0.5, 0.6) is 0 Å². The number of halogens is 2. The van der Waals surface area contributed by atoms with E-state index in [1.54, 1.807) is 0 Å². The first-order valence-electron chi connectivity index (χ1n) is 11.1. The lowest BCUT2D eigenvalue weighted by Gasteiger charge is -2.31. The van der Waals surface area contributed by atoms with Crippen molar-refractivity contribution in [2.75, 3.05) is 25.5 Å². The summed E-state index contributed by atoms with van der Waals surface area (Å²) in [5.74, 6) is -1.89. The number of aromatic nitrogens is 4. The molecule has 0 spiro atoms. The topological polar surface area (TPSA) is 70.4 Å². The van der Waals surface area contributed by atoms with Crippen molar-refractivity contribution in [1.82, 2.24) is 29.0 Å². The van der Waals surface area contributed by atoms with Crippen molar-refractivity contribution in [3.63, 3.8) is 0 Å². The highest BCUT2D eigenvalue weighted by atomic mass is 32.1. The predicted octanol–water partition coefficient (Wildman–Crippen LogP) is 5.00. The van der Waals surface area contributed by atoms with Gasteiger partial charge in [0.25, 0.3) is 5.92 Å². The van der Waals surface area contributed by atoms with E-state index in [1.807, 2.05) is 47.9 Å². The van der Waals surface area contributed by atoms with Crippen molar-refractivity contribution < 1.29 is 8.78 Å². The zero-order chi connectivity index (χ0) is 23.4. The summed E-state index contributed by atoms with van der Waals surface area (Å²) < 4.78 is 33.3. The van der Waals surface area contributed by atoms with E-state index >= 15 is 0 Å². The van der Waals surface area contributed by atoms with E-state index in [-0.39, 0.29) is 12.8 Å². The van der Waals surface area contributed by atoms with Gasteiger partial charge in [0, 0.05) is 57.5 Å². The molecule has 0 saturated carbocycles. The first-order valence-corrected chi connectivity index (χ1v) is 11.9. The fraction of sp³-hybridized carbons (Fsp3) is 0.435. The van der Waals surface area contributed by atoms with Gasteiger partial charge >= 0.3 is 0 Å². The van der Waals surface area contributed by atoms with Gasteiger partial charge in [-0.15, -0.1) is 0 Å². The van der Waals surface area contributed by atoms with E-state index < -0.39 is 5.92 Å². The Morgan fingerprint density at radius 1 is 1.30 bits per heavy atom. The largest absolute Gasteiger partial charge is 0.393 e. The molecule has 2 N–H and O–H groups in total. The van der Waals surface area contributed by atoms with Gasteiger partial charge in [-0.25, -0.2) is 18.7 Å². The molecule has 0 radical (unpaired) electrons. The second kappa shape index (κ2) is 9.96. The zero-order valence-electron chi connectivity index (χ0n) is 19.1. The van der Waals surface area contributed by atoms with Crippen molar-refractivity contribution in [1.29, 1.82) is 0 Å². The number of hydrogen-bond donors (Lipinski definition) is 2. The van der Waals surface area contributed by atoms with Crippen LogP contribution in [0, 0.1) is 6.92 Å². The second-order valence-corrected chi connectivity index (χ2v) is 9.01. The number of fused-ring (bicyclic) bond motifs is 1. The van der Waals surface area contributed by atoms with Gasteiger partial charge in [0.05, 0.1) is 23.3 Å². The van der Waals surface area contributed by atoms with Gasteiger partial charge in [0.15, 0.2) is 11.5 Å². The SMILES string of the molecule is CC/C=C/C(=C\NC)c1cnc2c(Nc3cc(CN4CCC(F)(F)CC4)ns3)nc(C)cn12. The van der Waals surface area contributed by atoms with E-state index in [1.165, 1.54) is 11.5 Å². The van der Waals surface area contributed by atoms with Crippen molar-refractivity contribution in [3.05, 3.63) is 53.9 Å². The molecule has 4 rings (SSSR count). The molecular formula is C23H29F2N7S. The Kier molecular flexibility index (Phi) is 7.04. The molecule has 4 heterocycles. The van der Waals surface area contributed by atoms with Crippen LogP contribution in [0.3, 0.4) is 0 Å². The maximum atomic E-state index is 13.4. The highest BCUT2D eigenvalue weighted by Gasteiger charge is 2.34. The summed E-state index contributed by atoms with van der Waals surface area (Å²) in [5, 5.41) is 7.30. The summed E-state index contributed by atoms with van der Waals surface area (Å²) >= 11 is 1.33. The number of nitrogens with zero attached hydrogens (tertiary/aromatic N) is 5. The van der Waals surface area contributed by atoms with E-state index in [9.17, 15) is 8.78 Å². The average Bonchev–Trinajstić information content (AvgIpc) is 3.39. The molecule has 33 heavy (non-hydrogen) atoms. The van der Waals surface area contributed by atoms with Gasteiger partial charge in [0.1, 0.15) is 5.00 Å². The molecule has 0 amide bonds. The molecule has 176 valence electrons. The van der Waals surface area contributed by atoms with Crippen molar-refractivity contribution in [2.24, 2.45) is 0 Å². The van der Waals surface area contributed by atoms with E-state index in [0.717, 1.165) is 39.7 Å². The number of rotatable bonds is 8. The van der Waals surface area contributed by atoms with Gasteiger partial charge in [-0.1, -0.05) is 19.1 Å². The van der Waals surface area contributed by atoms with E-state index in [2.05, 4.69) is 44.1 Å². The lowest BCUT2D eigenvalue weighted by atomic mass is 10.1. The molecule has 1 fully saturated rings. The van der Waals surface area contributed by atoms with Gasteiger partial charge in [-0.3, -0.25) is 9.30 Å². The molecule has 0 bridgehead atoms. The molecular weight excluding hydrogens is 444 g/mol. The van der Waals surface area contributed by atoms with Crippen LogP contribution >= 0.6 is 11.5 Å². The van der Waals surface area contributed by atoms with Crippen molar-refractivity contribution in [2.45, 2.75) is 45.6 Å². The quantitative estimate of drug-likeness (QED) is 0.449. The van der Waals surface area contributed by atoms with Crippen LogP contribution in [0.25, 0.3) is 11.2 Å². The van der Waals surface area contributed by atoms with Crippen LogP contribution in [0.2, 0.25) is 0 Å². The van der Waals surface area contributed by atoms with E-state index in [4.69, 9.17) is 0 Å². The molecule has 0 aromatic carbocycles. The number of imidazole rings is 1. The number of aryl methyl sites for hydroxylation is 1. The molecule has 3 aromatic heterocycles. The van der Waals surface area contributed by atoms with Crippen LogP contribution in [-0.2, 0) is 6.54 Å². The van der Waals surface area contributed by atoms with Crippen LogP contribution in [0.15, 0.2) is 36.8 Å². The Morgan fingerprint density at radius 3 is 2.82 bits per heavy atom. The number of hydrogen-bond acceptors (Lipinski definition) is 7. The number of alkyl halides is 2. The van der Waals surface area contributed by atoms with Gasteiger partial charge in [-0.05, 0) is 30.9 Å². The first kappa shape index (κ1) is 23.3. The van der Waals surface area contributed by atoms with Gasteiger partial charge in [0.2, 0.25) is 0 Å². The molecule has 1 saturated heterocycles. The fourth-order valence-corrected chi connectivity index (χ4v) is 4.50.